The van der Waals surface area contributed by atoms with E-state index >= 15 is 8.78 Å². The molecule has 0 saturated carbocycles. The minimum atomic E-state index is -3.12. The number of nitrogens with zero attached hydrogens (tertiary/aromatic N) is 3. The van der Waals surface area contributed by atoms with Gasteiger partial charge in [-0.25, -0.2) is 22.5 Å². The Hall–Kier alpha value is -4.85. The SMILES string of the molecule is C[C@@H](C(=O)Nc1cn2c(n1)C(O[Si](c1ccccc1)(c1ccccc1)C(C)(C)C)CC2c1cc(F)cc(F)c1)N1CCC(F)(F)[C@@H](c2ccc(=O)[nH]c2)C1. The van der Waals surface area contributed by atoms with Gasteiger partial charge in [0.05, 0.1) is 18.0 Å². The zero-order valence-corrected chi connectivity index (χ0v) is 31.5. The number of piperidine rings is 1. The van der Waals surface area contributed by atoms with Gasteiger partial charge in [0.15, 0.2) is 5.82 Å². The average Bonchev–Trinajstić information content (AvgIpc) is 3.69. The van der Waals surface area contributed by atoms with Crippen molar-refractivity contribution in [1.29, 1.82) is 0 Å². The van der Waals surface area contributed by atoms with Crippen molar-refractivity contribution in [3.05, 3.63) is 142 Å². The number of anilines is 1. The van der Waals surface area contributed by atoms with E-state index in [1.807, 2.05) is 41.0 Å². The van der Waals surface area contributed by atoms with Crippen molar-refractivity contribution in [2.45, 2.75) is 75.6 Å². The number of alkyl halides is 2. The number of carbonyl (C=O) groups excluding carboxylic acids is 1. The standard InChI is InChI=1S/C41H43F4N5O3Si/c1-26(49-18-17-41(44,45)33(24-49)27-15-16-37(51)46-23-27)39(52)48-36-25-50-34(28-19-29(42)21-30(43)20-28)22-35(38(50)47-36)53-54(40(2,3)4,31-11-7-5-8-12-31)32-13-9-6-10-14-32/h5-16,19-21,23,25-26,33-35H,17-18,22,24H2,1-4H3,(H,46,51)(H,48,52)/t26-,33+,34?,35?/m0/s1. The van der Waals surface area contributed by atoms with Crippen molar-refractivity contribution >= 4 is 30.4 Å². The maximum absolute atomic E-state index is 15.1. The van der Waals surface area contributed by atoms with Crippen LogP contribution >= 0.6 is 0 Å². The molecule has 0 spiro atoms. The van der Waals surface area contributed by atoms with Crippen LogP contribution in [0.5, 0.6) is 0 Å². The molecule has 7 rings (SSSR count). The molecule has 2 aromatic heterocycles. The predicted octanol–water partition coefficient (Wildman–Crippen LogP) is 6.91. The molecule has 54 heavy (non-hydrogen) atoms. The number of amides is 1. The Labute approximate surface area is 312 Å². The summed E-state index contributed by atoms with van der Waals surface area (Å²) in [5, 5.41) is 4.61. The van der Waals surface area contributed by atoms with E-state index in [9.17, 15) is 18.4 Å². The van der Waals surface area contributed by atoms with Gasteiger partial charge in [0, 0.05) is 50.5 Å². The van der Waals surface area contributed by atoms with E-state index < -0.39 is 67.9 Å². The normalized spacial score (nSPS) is 20.7. The third-order valence-electron chi connectivity index (χ3n) is 10.9. The number of rotatable bonds is 9. The first kappa shape index (κ1) is 37.5. The highest BCUT2D eigenvalue weighted by molar-refractivity contribution is 6.99. The van der Waals surface area contributed by atoms with Crippen LogP contribution in [-0.4, -0.2) is 58.7 Å². The number of benzene rings is 3. The molecule has 2 aliphatic heterocycles. The van der Waals surface area contributed by atoms with Gasteiger partial charge in [-0.2, -0.15) is 0 Å². The second-order valence-electron chi connectivity index (χ2n) is 15.3. The van der Waals surface area contributed by atoms with Gasteiger partial charge in [0.25, 0.3) is 14.2 Å². The molecule has 2 aliphatic rings. The number of fused-ring (bicyclic) bond motifs is 1. The second kappa shape index (κ2) is 14.4. The summed E-state index contributed by atoms with van der Waals surface area (Å²) in [5.41, 5.74) is 0.293. The van der Waals surface area contributed by atoms with Crippen LogP contribution in [0.25, 0.3) is 0 Å². The number of likely N-dealkylation sites (tertiary alicyclic amines) is 1. The molecule has 2 N–H and O–H groups in total. The van der Waals surface area contributed by atoms with Crippen molar-refractivity contribution in [2.75, 3.05) is 18.4 Å². The van der Waals surface area contributed by atoms with E-state index in [2.05, 4.69) is 55.3 Å². The van der Waals surface area contributed by atoms with Crippen molar-refractivity contribution in [3.8, 4) is 0 Å². The van der Waals surface area contributed by atoms with Crippen LogP contribution in [0.3, 0.4) is 0 Å². The van der Waals surface area contributed by atoms with Gasteiger partial charge in [-0.15, -0.1) is 0 Å². The number of carbonyl (C=O) groups is 1. The second-order valence-corrected chi connectivity index (χ2v) is 19.6. The van der Waals surface area contributed by atoms with Crippen molar-refractivity contribution in [1.82, 2.24) is 19.4 Å². The molecule has 5 aromatic rings. The zero-order chi connectivity index (χ0) is 38.4. The molecule has 282 valence electrons. The Bertz CT molecular complexity index is 2110. The molecule has 4 heterocycles. The fourth-order valence-corrected chi connectivity index (χ4v) is 12.8. The van der Waals surface area contributed by atoms with Gasteiger partial charge < -0.3 is 19.3 Å². The predicted molar refractivity (Wildman–Crippen MR) is 202 cm³/mol. The molecule has 0 radical (unpaired) electrons. The number of H-pyrrole nitrogens is 1. The first-order chi connectivity index (χ1) is 25.7. The lowest BCUT2D eigenvalue weighted by atomic mass is 9.87. The van der Waals surface area contributed by atoms with Gasteiger partial charge in [0.2, 0.25) is 11.5 Å². The molecule has 1 amide bonds. The lowest BCUT2D eigenvalue weighted by Crippen LogP contribution is -2.66. The van der Waals surface area contributed by atoms with Crippen molar-refractivity contribution < 1.29 is 26.8 Å². The van der Waals surface area contributed by atoms with E-state index in [-0.39, 0.29) is 29.5 Å². The fraction of sp³-hybridized carbons (Fsp3) is 0.341. The summed E-state index contributed by atoms with van der Waals surface area (Å²) in [5.74, 6) is -5.41. The number of aromatic nitrogens is 3. The van der Waals surface area contributed by atoms with Crippen LogP contribution in [0.1, 0.15) is 75.6 Å². The summed E-state index contributed by atoms with van der Waals surface area (Å²) in [6.45, 7) is 8.01. The number of nitrogens with one attached hydrogen (secondary N) is 2. The third-order valence-corrected chi connectivity index (χ3v) is 15.9. The smallest absolute Gasteiger partial charge is 0.262 e. The van der Waals surface area contributed by atoms with Crippen LogP contribution in [0.2, 0.25) is 5.04 Å². The molecule has 1 saturated heterocycles. The van der Waals surface area contributed by atoms with Crippen molar-refractivity contribution in [2.24, 2.45) is 0 Å². The quantitative estimate of drug-likeness (QED) is 0.126. The highest BCUT2D eigenvalue weighted by Crippen LogP contribution is 2.47. The number of imidazole rings is 1. The largest absolute Gasteiger partial charge is 0.397 e. The average molecular weight is 758 g/mol. The Kier molecular flexibility index (Phi) is 10.0. The summed E-state index contributed by atoms with van der Waals surface area (Å²) >= 11 is 0. The molecule has 0 aliphatic carbocycles. The minimum absolute atomic E-state index is 0.0112. The monoisotopic (exact) mass is 757 g/mol. The lowest BCUT2D eigenvalue weighted by molar-refractivity contribution is -0.125. The maximum Gasteiger partial charge on any atom is 0.262 e. The van der Waals surface area contributed by atoms with Crippen LogP contribution < -0.4 is 21.2 Å². The number of pyridine rings is 1. The Morgan fingerprint density at radius 3 is 2.17 bits per heavy atom. The number of aromatic amines is 1. The topological polar surface area (TPSA) is 92.2 Å². The number of hydrogen-bond donors (Lipinski definition) is 2. The highest BCUT2D eigenvalue weighted by atomic mass is 28.4. The number of halogens is 4. The van der Waals surface area contributed by atoms with Gasteiger partial charge >= 0.3 is 0 Å². The molecule has 0 bridgehead atoms. The van der Waals surface area contributed by atoms with Crippen LogP contribution in [0.15, 0.2) is 108 Å². The van der Waals surface area contributed by atoms with Gasteiger partial charge in [-0.05, 0) is 45.6 Å². The molecule has 2 unspecified atom stereocenters. The van der Waals surface area contributed by atoms with Gasteiger partial charge in [-0.1, -0.05) is 87.5 Å². The van der Waals surface area contributed by atoms with E-state index in [0.29, 0.717) is 17.8 Å². The molecular weight excluding hydrogens is 715 g/mol. The van der Waals surface area contributed by atoms with Crippen LogP contribution in [0.4, 0.5) is 23.4 Å². The molecule has 4 atom stereocenters. The summed E-state index contributed by atoms with van der Waals surface area (Å²) < 4.78 is 68.8. The molecule has 13 heteroatoms. The van der Waals surface area contributed by atoms with E-state index in [0.717, 1.165) is 16.4 Å². The summed E-state index contributed by atoms with van der Waals surface area (Å²) in [7, 11) is -3.12. The minimum Gasteiger partial charge on any atom is -0.397 e. The lowest BCUT2D eigenvalue weighted by Gasteiger charge is -2.44. The Morgan fingerprint density at radius 1 is 0.963 bits per heavy atom. The fourth-order valence-electron chi connectivity index (χ4n) is 8.11. The van der Waals surface area contributed by atoms with Crippen LogP contribution in [-0.2, 0) is 9.22 Å². The summed E-state index contributed by atoms with van der Waals surface area (Å²) in [4.78, 5) is 34.4. The molecule has 3 aromatic carbocycles. The van der Waals surface area contributed by atoms with Crippen LogP contribution in [0, 0.1) is 11.6 Å². The first-order valence-electron chi connectivity index (χ1n) is 18.1. The Balaban J connectivity index is 1.22. The third kappa shape index (κ3) is 7.07. The molecular formula is C41H43F4N5O3Si. The molecule has 1 fully saturated rings. The summed E-state index contributed by atoms with van der Waals surface area (Å²) in [6, 6.07) is 24.9. The van der Waals surface area contributed by atoms with Gasteiger partial charge in [0.1, 0.15) is 23.6 Å². The Morgan fingerprint density at radius 2 is 1.59 bits per heavy atom. The zero-order valence-electron chi connectivity index (χ0n) is 30.5. The van der Waals surface area contributed by atoms with E-state index in [1.54, 1.807) is 18.0 Å². The summed E-state index contributed by atoms with van der Waals surface area (Å²) in [6.07, 6.45) is 2.20. The van der Waals surface area contributed by atoms with Crippen molar-refractivity contribution in [3.63, 3.8) is 0 Å². The number of hydrogen-bond acceptors (Lipinski definition) is 5. The van der Waals surface area contributed by atoms with Gasteiger partial charge in [-0.3, -0.25) is 14.5 Å². The molecule has 8 nitrogen and oxygen atoms in total. The van der Waals surface area contributed by atoms with E-state index in [1.165, 1.54) is 30.5 Å². The highest BCUT2D eigenvalue weighted by Gasteiger charge is 2.53. The van der Waals surface area contributed by atoms with E-state index in [4.69, 9.17) is 9.41 Å². The first-order valence-corrected chi connectivity index (χ1v) is 20.0. The maximum atomic E-state index is 15.1.